The number of para-hydroxylation sites is 1. The Kier molecular flexibility index (Phi) is 3.77. The molecule has 8 nitrogen and oxygen atoms in total. The average molecular weight is 351 g/mol. The Labute approximate surface area is 146 Å². The summed E-state index contributed by atoms with van der Waals surface area (Å²) >= 11 is 0. The number of nitrogens with one attached hydrogen (secondary N) is 2. The van der Waals surface area contributed by atoms with Crippen molar-refractivity contribution in [1.29, 1.82) is 0 Å². The third-order valence-corrected chi connectivity index (χ3v) is 3.88. The van der Waals surface area contributed by atoms with E-state index in [0.29, 0.717) is 17.0 Å². The highest BCUT2D eigenvalue weighted by atomic mass is 16.7. The van der Waals surface area contributed by atoms with Gasteiger partial charge >= 0.3 is 0 Å². The summed E-state index contributed by atoms with van der Waals surface area (Å²) in [5.74, 6) is 0.435. The van der Waals surface area contributed by atoms with Crippen LogP contribution in [0.2, 0.25) is 0 Å². The average Bonchev–Trinajstić information content (AvgIpc) is 3.07. The molecule has 2 aromatic carbocycles. The van der Waals surface area contributed by atoms with Crippen LogP contribution in [0.15, 0.2) is 52.4 Å². The molecule has 0 aliphatic carbocycles. The van der Waals surface area contributed by atoms with Crippen LogP contribution in [-0.4, -0.2) is 29.0 Å². The molecule has 0 atom stereocenters. The number of hydrogen-bond acceptors (Lipinski definition) is 6. The van der Waals surface area contributed by atoms with E-state index >= 15 is 0 Å². The van der Waals surface area contributed by atoms with Gasteiger partial charge in [-0.2, -0.15) is 5.10 Å². The van der Waals surface area contributed by atoms with Crippen molar-refractivity contribution in [3.8, 4) is 17.2 Å². The van der Waals surface area contributed by atoms with Crippen molar-refractivity contribution in [2.45, 2.75) is 0 Å². The molecular formula is C18H13N3O5. The summed E-state index contributed by atoms with van der Waals surface area (Å²) in [4.78, 5) is 26.9. The molecule has 8 heteroatoms. The summed E-state index contributed by atoms with van der Waals surface area (Å²) in [6.45, 7) is 0.141. The Hall–Kier alpha value is -3.81. The molecule has 26 heavy (non-hydrogen) atoms. The van der Waals surface area contributed by atoms with E-state index in [1.165, 1.54) is 18.3 Å². The minimum absolute atomic E-state index is 0.0878. The van der Waals surface area contributed by atoms with E-state index in [4.69, 9.17) is 9.47 Å². The van der Waals surface area contributed by atoms with Crippen LogP contribution in [0, 0.1) is 0 Å². The monoisotopic (exact) mass is 351 g/mol. The fourth-order valence-electron chi connectivity index (χ4n) is 2.60. The lowest BCUT2D eigenvalue weighted by Crippen LogP contribution is -2.19. The van der Waals surface area contributed by atoms with Gasteiger partial charge in [0.25, 0.3) is 11.5 Å². The number of phenolic OH excluding ortho intramolecular Hbond substituents is 1. The van der Waals surface area contributed by atoms with E-state index in [1.807, 2.05) is 0 Å². The SMILES string of the molecule is O=C(N/N=C/c1cc2cc3c(cc2[nH]c1=O)OCO3)c1ccccc1O. The molecule has 0 bridgehead atoms. The summed E-state index contributed by atoms with van der Waals surface area (Å²) in [6, 6.07) is 11.2. The number of ether oxygens (including phenoxy) is 2. The van der Waals surface area contributed by atoms with Gasteiger partial charge in [0.15, 0.2) is 11.5 Å². The molecule has 3 aromatic rings. The van der Waals surface area contributed by atoms with Gasteiger partial charge in [0.1, 0.15) is 5.75 Å². The van der Waals surface area contributed by atoms with Crippen molar-refractivity contribution < 1.29 is 19.4 Å². The predicted octanol–water partition coefficient (Wildman–Crippen LogP) is 1.73. The molecule has 3 N–H and O–H groups in total. The molecule has 4 rings (SSSR count). The number of phenols is 1. The first kappa shape index (κ1) is 15.7. The van der Waals surface area contributed by atoms with Crippen LogP contribution < -0.4 is 20.5 Å². The molecule has 2 heterocycles. The number of hydrazone groups is 1. The van der Waals surface area contributed by atoms with Gasteiger partial charge in [-0.1, -0.05) is 12.1 Å². The maximum Gasteiger partial charge on any atom is 0.275 e. The lowest BCUT2D eigenvalue weighted by Gasteiger charge is -2.03. The fourth-order valence-corrected chi connectivity index (χ4v) is 2.60. The quantitative estimate of drug-likeness (QED) is 0.491. The van der Waals surface area contributed by atoms with E-state index in [0.717, 1.165) is 5.39 Å². The Morgan fingerprint density at radius 3 is 2.77 bits per heavy atom. The van der Waals surface area contributed by atoms with Crippen LogP contribution in [0.1, 0.15) is 15.9 Å². The molecule has 1 aromatic heterocycles. The molecule has 130 valence electrons. The van der Waals surface area contributed by atoms with Crippen molar-refractivity contribution in [1.82, 2.24) is 10.4 Å². The number of carbonyl (C=O) groups is 1. The number of amides is 1. The molecule has 0 radical (unpaired) electrons. The third kappa shape index (κ3) is 2.84. The summed E-state index contributed by atoms with van der Waals surface area (Å²) in [6.07, 6.45) is 1.24. The Balaban J connectivity index is 1.59. The van der Waals surface area contributed by atoms with Crippen molar-refractivity contribution in [3.05, 3.63) is 63.9 Å². The van der Waals surface area contributed by atoms with Gasteiger partial charge in [0.05, 0.1) is 22.9 Å². The highest BCUT2D eigenvalue weighted by Gasteiger charge is 2.15. The topological polar surface area (TPSA) is 113 Å². The molecule has 0 fully saturated rings. The van der Waals surface area contributed by atoms with Crippen molar-refractivity contribution in [3.63, 3.8) is 0 Å². The van der Waals surface area contributed by atoms with Gasteiger partial charge in [-0.15, -0.1) is 0 Å². The van der Waals surface area contributed by atoms with E-state index in [9.17, 15) is 14.7 Å². The number of aromatic hydroxyl groups is 1. The fraction of sp³-hybridized carbons (Fsp3) is 0.0556. The Bertz CT molecular complexity index is 1100. The summed E-state index contributed by atoms with van der Waals surface area (Å²) in [5.41, 5.74) is 2.87. The number of H-pyrrole nitrogens is 1. The van der Waals surface area contributed by atoms with Gasteiger partial charge in [-0.25, -0.2) is 5.43 Å². The molecule has 0 saturated heterocycles. The Morgan fingerprint density at radius 2 is 1.96 bits per heavy atom. The Morgan fingerprint density at radius 1 is 1.19 bits per heavy atom. The number of nitrogens with zero attached hydrogens (tertiary/aromatic N) is 1. The second-order valence-corrected chi connectivity index (χ2v) is 5.56. The molecule has 0 saturated carbocycles. The third-order valence-electron chi connectivity index (χ3n) is 3.88. The van der Waals surface area contributed by atoms with E-state index < -0.39 is 5.91 Å². The van der Waals surface area contributed by atoms with Gasteiger partial charge in [-0.3, -0.25) is 9.59 Å². The van der Waals surface area contributed by atoms with Crippen LogP contribution in [0.3, 0.4) is 0 Å². The number of aromatic amines is 1. The smallest absolute Gasteiger partial charge is 0.275 e. The summed E-state index contributed by atoms with van der Waals surface area (Å²) in [7, 11) is 0. The van der Waals surface area contributed by atoms with Crippen LogP contribution in [0.25, 0.3) is 10.9 Å². The number of rotatable bonds is 3. The zero-order valence-electron chi connectivity index (χ0n) is 13.4. The molecule has 0 spiro atoms. The van der Waals surface area contributed by atoms with Gasteiger partial charge in [-0.05, 0) is 24.3 Å². The van der Waals surface area contributed by atoms with Gasteiger partial charge in [0.2, 0.25) is 6.79 Å². The van der Waals surface area contributed by atoms with Gasteiger partial charge in [0, 0.05) is 11.5 Å². The van der Waals surface area contributed by atoms with Crippen LogP contribution in [0.5, 0.6) is 17.2 Å². The second-order valence-electron chi connectivity index (χ2n) is 5.56. The standard InChI is InChI=1S/C18H13N3O5/c22-14-4-2-1-3-12(14)18(24)21-19-8-11-5-10-6-15-16(26-9-25-15)7-13(10)20-17(11)23/h1-8,22H,9H2,(H,20,23)(H,21,24)/b19-8+. The highest BCUT2D eigenvalue weighted by Crippen LogP contribution is 2.35. The lowest BCUT2D eigenvalue weighted by molar-refractivity contribution is 0.0952. The highest BCUT2D eigenvalue weighted by molar-refractivity contribution is 5.97. The van der Waals surface area contributed by atoms with Crippen LogP contribution >= 0.6 is 0 Å². The second kappa shape index (κ2) is 6.25. The number of hydrogen-bond donors (Lipinski definition) is 3. The minimum atomic E-state index is -0.583. The van der Waals surface area contributed by atoms with E-state index in [2.05, 4.69) is 15.5 Å². The summed E-state index contributed by atoms with van der Waals surface area (Å²) < 4.78 is 10.6. The number of aromatic nitrogens is 1. The summed E-state index contributed by atoms with van der Waals surface area (Å²) in [5, 5.41) is 14.2. The predicted molar refractivity (Wildman–Crippen MR) is 93.9 cm³/mol. The van der Waals surface area contributed by atoms with Crippen molar-refractivity contribution in [2.75, 3.05) is 6.79 Å². The maximum absolute atomic E-state index is 12.2. The number of carbonyl (C=O) groups excluding carboxylic acids is 1. The van der Waals surface area contributed by atoms with Gasteiger partial charge < -0.3 is 19.6 Å². The number of fused-ring (bicyclic) bond motifs is 2. The number of benzene rings is 2. The molecule has 1 aliphatic rings. The zero-order valence-corrected chi connectivity index (χ0v) is 13.4. The minimum Gasteiger partial charge on any atom is -0.507 e. The first-order valence-corrected chi connectivity index (χ1v) is 7.70. The lowest BCUT2D eigenvalue weighted by atomic mass is 10.1. The largest absolute Gasteiger partial charge is 0.507 e. The van der Waals surface area contributed by atoms with Crippen LogP contribution in [-0.2, 0) is 0 Å². The molecule has 1 aliphatic heterocycles. The normalized spacial score (nSPS) is 12.6. The van der Waals surface area contributed by atoms with Crippen molar-refractivity contribution in [2.24, 2.45) is 5.10 Å². The molecule has 0 unspecified atom stereocenters. The van der Waals surface area contributed by atoms with Crippen LogP contribution in [0.4, 0.5) is 0 Å². The van der Waals surface area contributed by atoms with Crippen molar-refractivity contribution >= 4 is 23.0 Å². The van der Waals surface area contributed by atoms with E-state index in [1.54, 1.807) is 30.3 Å². The molecular weight excluding hydrogens is 338 g/mol. The zero-order chi connectivity index (χ0) is 18.1. The maximum atomic E-state index is 12.2. The molecule has 1 amide bonds. The number of pyridine rings is 1. The van der Waals surface area contributed by atoms with E-state index in [-0.39, 0.29) is 29.2 Å². The first-order chi connectivity index (χ1) is 12.6. The first-order valence-electron chi connectivity index (χ1n) is 7.70.